The molecule has 1 aromatic carbocycles. The number of nitrogens with one attached hydrogen (secondary N) is 1. The lowest BCUT2D eigenvalue weighted by Gasteiger charge is -2.29. The summed E-state index contributed by atoms with van der Waals surface area (Å²) in [5.41, 5.74) is 3.87. The lowest BCUT2D eigenvalue weighted by molar-refractivity contribution is 0.188. The molecule has 0 aliphatic heterocycles. The van der Waals surface area contributed by atoms with Gasteiger partial charge in [-0.3, -0.25) is 0 Å². The van der Waals surface area contributed by atoms with Crippen LogP contribution < -0.4 is 15.1 Å². The predicted octanol–water partition coefficient (Wildman–Crippen LogP) is 4.77. The highest BCUT2D eigenvalue weighted by molar-refractivity contribution is 5.73. The monoisotopic (exact) mass is 363 g/mol. The molecule has 2 aliphatic rings. The lowest BCUT2D eigenvalue weighted by Crippen LogP contribution is -2.39. The van der Waals surface area contributed by atoms with E-state index in [1.165, 1.54) is 12.0 Å². The summed E-state index contributed by atoms with van der Waals surface area (Å²) in [6, 6.07) is 3.34. The summed E-state index contributed by atoms with van der Waals surface area (Å²) in [5.74, 6) is -0.235. The van der Waals surface area contributed by atoms with Crippen LogP contribution in [-0.2, 0) is 6.54 Å². The summed E-state index contributed by atoms with van der Waals surface area (Å²) < 4.78 is 28.7. The Morgan fingerprint density at radius 1 is 1.08 bits per heavy atom. The van der Waals surface area contributed by atoms with Crippen LogP contribution in [0.5, 0.6) is 0 Å². The van der Waals surface area contributed by atoms with E-state index in [-0.39, 0.29) is 11.9 Å². The number of halogens is 2. The largest absolute Gasteiger partial charge is 0.376 e. The van der Waals surface area contributed by atoms with Crippen LogP contribution >= 0.6 is 0 Å². The first-order chi connectivity index (χ1) is 12.5. The maximum absolute atomic E-state index is 14.7. The van der Waals surface area contributed by atoms with Gasteiger partial charge in [0.2, 0.25) is 0 Å². The van der Waals surface area contributed by atoms with Gasteiger partial charge in [0.05, 0.1) is 11.4 Å². The number of rotatable bonds is 6. The molecule has 2 atom stereocenters. The highest BCUT2D eigenvalue weighted by Gasteiger charge is 2.24. The Balaban J connectivity index is 1.79. The van der Waals surface area contributed by atoms with Gasteiger partial charge in [-0.2, -0.15) is 0 Å². The zero-order chi connectivity index (χ0) is 18.7. The third kappa shape index (κ3) is 4.37. The van der Waals surface area contributed by atoms with Crippen molar-refractivity contribution in [2.24, 2.45) is 0 Å². The Kier molecular flexibility index (Phi) is 6.17. The summed E-state index contributed by atoms with van der Waals surface area (Å²) in [7, 11) is 5.87. The van der Waals surface area contributed by atoms with Crippen molar-refractivity contribution in [3.8, 4) is 0 Å². The molecule has 0 bridgehead atoms. The van der Waals surface area contributed by atoms with E-state index < -0.39 is 6.17 Å². The van der Waals surface area contributed by atoms with Crippen LogP contribution in [0.4, 0.5) is 20.2 Å². The van der Waals surface area contributed by atoms with Gasteiger partial charge in [0.25, 0.3) is 0 Å². The third-order valence-electron chi connectivity index (χ3n) is 5.61. The van der Waals surface area contributed by atoms with Crippen molar-refractivity contribution < 1.29 is 8.78 Å². The summed E-state index contributed by atoms with van der Waals surface area (Å²) in [5, 5.41) is 3.24. The van der Waals surface area contributed by atoms with Gasteiger partial charge in [0, 0.05) is 45.5 Å². The average Bonchev–Trinajstić information content (AvgIpc) is 2.57. The number of anilines is 2. The summed E-state index contributed by atoms with van der Waals surface area (Å²) >= 11 is 0. The molecule has 5 heteroatoms. The maximum atomic E-state index is 14.7. The second-order valence-corrected chi connectivity index (χ2v) is 7.87. The van der Waals surface area contributed by atoms with E-state index >= 15 is 0 Å². The van der Waals surface area contributed by atoms with E-state index in [4.69, 9.17) is 0 Å². The normalized spacial score (nSPS) is 22.7. The Hall–Kier alpha value is -1.62. The van der Waals surface area contributed by atoms with E-state index in [0.717, 1.165) is 43.5 Å². The van der Waals surface area contributed by atoms with E-state index in [1.807, 2.05) is 32.1 Å². The first kappa shape index (κ1) is 19.2. The number of hydrogen-bond acceptors (Lipinski definition) is 3. The first-order valence-corrected chi connectivity index (χ1v) is 9.75. The zero-order valence-electron chi connectivity index (χ0n) is 16.2. The molecular formula is C21H31F2N3. The predicted molar refractivity (Wildman–Crippen MR) is 105 cm³/mol. The highest BCUT2D eigenvalue weighted by atomic mass is 19.1. The summed E-state index contributed by atoms with van der Waals surface area (Å²) in [4.78, 5) is 4.02. The lowest BCUT2D eigenvalue weighted by atomic mass is 9.93. The number of alkyl halides is 1. The molecule has 3 rings (SSSR count). The third-order valence-corrected chi connectivity index (χ3v) is 5.61. The number of allylic oxidation sites excluding steroid dienone is 1. The molecule has 2 saturated carbocycles. The molecule has 0 heterocycles. The van der Waals surface area contributed by atoms with Crippen LogP contribution in [-0.4, -0.2) is 33.4 Å². The fraction of sp³-hybridized carbons (Fsp3) is 0.619. The second-order valence-electron chi connectivity index (χ2n) is 7.87. The number of benzene rings is 1. The van der Waals surface area contributed by atoms with Crippen molar-refractivity contribution in [2.45, 2.75) is 63.7 Å². The van der Waals surface area contributed by atoms with Crippen LogP contribution in [0.25, 0.3) is 0 Å². The fourth-order valence-corrected chi connectivity index (χ4v) is 3.78. The Labute approximate surface area is 156 Å². The molecule has 0 saturated heterocycles. The summed E-state index contributed by atoms with van der Waals surface area (Å²) in [6.07, 6.45) is 8.34. The first-order valence-electron chi connectivity index (χ1n) is 9.75. The topological polar surface area (TPSA) is 18.5 Å². The second kappa shape index (κ2) is 8.38. The van der Waals surface area contributed by atoms with E-state index in [9.17, 15) is 8.78 Å². The molecule has 26 heavy (non-hydrogen) atoms. The average molecular weight is 363 g/mol. The fourth-order valence-electron chi connectivity index (χ4n) is 3.78. The zero-order valence-corrected chi connectivity index (χ0v) is 16.2. The minimum Gasteiger partial charge on any atom is -0.376 e. The molecule has 0 amide bonds. The van der Waals surface area contributed by atoms with Gasteiger partial charge in [0.15, 0.2) is 0 Å². The quantitative estimate of drug-likeness (QED) is 0.786. The van der Waals surface area contributed by atoms with Gasteiger partial charge in [0.1, 0.15) is 12.0 Å². The van der Waals surface area contributed by atoms with Crippen molar-refractivity contribution in [3.63, 3.8) is 0 Å². The van der Waals surface area contributed by atoms with Crippen molar-refractivity contribution in [1.29, 1.82) is 0 Å². The number of hydrogen-bond donors (Lipinski definition) is 1. The molecule has 2 unspecified atom stereocenters. The van der Waals surface area contributed by atoms with Gasteiger partial charge in [-0.25, -0.2) is 8.78 Å². The van der Waals surface area contributed by atoms with Gasteiger partial charge in [-0.05, 0) is 44.2 Å². The van der Waals surface area contributed by atoms with Gasteiger partial charge in [-0.1, -0.05) is 18.4 Å². The Morgan fingerprint density at radius 2 is 1.81 bits per heavy atom. The van der Waals surface area contributed by atoms with Crippen molar-refractivity contribution in [1.82, 2.24) is 5.32 Å². The van der Waals surface area contributed by atoms with Crippen molar-refractivity contribution >= 4 is 11.4 Å². The van der Waals surface area contributed by atoms with Crippen LogP contribution in [0.3, 0.4) is 0 Å². The molecule has 144 valence electrons. The van der Waals surface area contributed by atoms with Crippen molar-refractivity contribution in [2.75, 3.05) is 30.9 Å². The molecule has 0 spiro atoms. The van der Waals surface area contributed by atoms with Gasteiger partial charge in [-0.15, -0.1) is 0 Å². The van der Waals surface area contributed by atoms with Gasteiger partial charge < -0.3 is 15.1 Å². The van der Waals surface area contributed by atoms with Crippen LogP contribution in [0, 0.1) is 5.82 Å². The van der Waals surface area contributed by atoms with Crippen LogP contribution in [0.15, 0.2) is 23.9 Å². The molecule has 1 aromatic rings. The maximum Gasteiger partial charge on any atom is 0.129 e. The molecule has 0 aromatic heterocycles. The van der Waals surface area contributed by atoms with Crippen molar-refractivity contribution in [3.05, 3.63) is 35.3 Å². The molecule has 2 fully saturated rings. The standard InChI is InChI=1S/C21H31F2N3/c1-25(2)20-12-18(23)16(13-24-19-10-5-4-9-17(19)22)11-21(20)26(3)14-15-7-6-8-15/h11-12,14,17,19,24H,4-10,13H2,1-3H3. The molecular weight excluding hydrogens is 332 g/mol. The molecule has 0 radical (unpaired) electrons. The Bertz CT molecular complexity index is 651. The van der Waals surface area contributed by atoms with Gasteiger partial charge >= 0.3 is 0 Å². The van der Waals surface area contributed by atoms with E-state index in [1.54, 1.807) is 6.07 Å². The van der Waals surface area contributed by atoms with Crippen LogP contribution in [0.2, 0.25) is 0 Å². The van der Waals surface area contributed by atoms with Crippen LogP contribution in [0.1, 0.15) is 50.5 Å². The minimum absolute atomic E-state index is 0.157. The van der Waals surface area contributed by atoms with E-state index in [2.05, 4.69) is 16.4 Å². The highest BCUT2D eigenvalue weighted by Crippen LogP contribution is 2.33. The Morgan fingerprint density at radius 3 is 2.42 bits per heavy atom. The number of nitrogens with zero attached hydrogens (tertiary/aromatic N) is 2. The minimum atomic E-state index is -0.821. The smallest absolute Gasteiger partial charge is 0.129 e. The summed E-state index contributed by atoms with van der Waals surface area (Å²) in [6.45, 7) is 0.363. The SMILES string of the molecule is CN(C)c1cc(F)c(CNC2CCCCC2F)cc1N(C)C=C1CCC1. The molecule has 2 aliphatic carbocycles. The van der Waals surface area contributed by atoms with E-state index in [0.29, 0.717) is 18.5 Å². The molecule has 3 nitrogen and oxygen atoms in total. The molecule has 1 N–H and O–H groups in total.